The minimum atomic E-state index is -3.46. The molecule has 1 saturated heterocycles. The van der Waals surface area contributed by atoms with Crippen LogP contribution in [0.1, 0.15) is 18.4 Å². The lowest BCUT2D eigenvalue weighted by Gasteiger charge is -2.31. The van der Waals surface area contributed by atoms with Gasteiger partial charge in [0.05, 0.1) is 18.3 Å². The summed E-state index contributed by atoms with van der Waals surface area (Å²) < 4.78 is 31.5. The van der Waals surface area contributed by atoms with Gasteiger partial charge in [0.2, 0.25) is 15.9 Å². The topological polar surface area (TPSA) is 75.7 Å². The van der Waals surface area contributed by atoms with Crippen molar-refractivity contribution in [3.05, 3.63) is 34.9 Å². The zero-order chi connectivity index (χ0) is 17.6. The van der Waals surface area contributed by atoms with E-state index in [0.29, 0.717) is 43.1 Å². The number of hydrogen-bond donors (Lipinski definition) is 1. The number of rotatable bonds is 7. The normalized spacial score (nSPS) is 19.2. The van der Waals surface area contributed by atoms with Crippen LogP contribution in [0.25, 0.3) is 0 Å². The first-order valence-electron chi connectivity index (χ1n) is 7.91. The molecule has 8 heteroatoms. The van der Waals surface area contributed by atoms with Gasteiger partial charge < -0.3 is 10.1 Å². The number of sulfonamides is 1. The number of halogens is 1. The van der Waals surface area contributed by atoms with Gasteiger partial charge in [-0.05, 0) is 30.5 Å². The van der Waals surface area contributed by atoms with Crippen molar-refractivity contribution >= 4 is 27.5 Å². The van der Waals surface area contributed by atoms with E-state index in [1.54, 1.807) is 31.4 Å². The Hall–Kier alpha value is -1.15. The van der Waals surface area contributed by atoms with Gasteiger partial charge in [0.1, 0.15) is 0 Å². The molecule has 0 aromatic heterocycles. The summed E-state index contributed by atoms with van der Waals surface area (Å²) in [7, 11) is -1.89. The summed E-state index contributed by atoms with van der Waals surface area (Å²) >= 11 is 5.82. The molecule has 1 atom stereocenters. The summed E-state index contributed by atoms with van der Waals surface area (Å²) in [5.41, 5.74) is 0.686. The van der Waals surface area contributed by atoms with Crippen molar-refractivity contribution in [2.45, 2.75) is 18.6 Å². The lowest BCUT2D eigenvalue weighted by Crippen LogP contribution is -2.46. The first-order valence-corrected chi connectivity index (χ1v) is 9.90. The van der Waals surface area contributed by atoms with Crippen molar-refractivity contribution in [1.82, 2.24) is 9.62 Å². The van der Waals surface area contributed by atoms with Gasteiger partial charge in [0.25, 0.3) is 0 Å². The standard InChI is InChI=1S/C16H23ClN2O4S/c1-23-10-8-18-16(20)14-3-2-9-19(11-14)24(21,22)12-13-4-6-15(17)7-5-13/h4-7,14H,2-3,8-12H2,1H3,(H,18,20)/t14-/m1/s1. The number of benzene rings is 1. The molecule has 0 saturated carbocycles. The highest BCUT2D eigenvalue weighted by Gasteiger charge is 2.32. The number of amides is 1. The number of carbonyl (C=O) groups is 1. The Morgan fingerprint density at radius 3 is 2.75 bits per heavy atom. The first-order chi connectivity index (χ1) is 11.4. The van der Waals surface area contributed by atoms with Crippen LogP contribution in [-0.2, 0) is 25.3 Å². The monoisotopic (exact) mass is 374 g/mol. The van der Waals surface area contributed by atoms with Crippen molar-refractivity contribution < 1.29 is 17.9 Å². The quantitative estimate of drug-likeness (QED) is 0.736. The van der Waals surface area contributed by atoms with Gasteiger partial charge in [-0.2, -0.15) is 0 Å². The number of nitrogens with one attached hydrogen (secondary N) is 1. The highest BCUT2D eigenvalue weighted by atomic mass is 35.5. The zero-order valence-electron chi connectivity index (χ0n) is 13.7. The third-order valence-corrected chi connectivity index (χ3v) is 6.08. The summed E-state index contributed by atoms with van der Waals surface area (Å²) in [6.07, 6.45) is 1.38. The molecule has 1 aromatic rings. The van der Waals surface area contributed by atoms with E-state index in [2.05, 4.69) is 5.32 Å². The molecule has 2 rings (SSSR count). The van der Waals surface area contributed by atoms with Gasteiger partial charge >= 0.3 is 0 Å². The molecular formula is C16H23ClN2O4S. The van der Waals surface area contributed by atoms with Gasteiger partial charge in [0, 0.05) is 31.8 Å². The second kappa shape index (κ2) is 8.80. The summed E-state index contributed by atoms with van der Waals surface area (Å²) in [6, 6.07) is 6.76. The average molecular weight is 375 g/mol. The highest BCUT2D eigenvalue weighted by Crippen LogP contribution is 2.22. The van der Waals surface area contributed by atoms with Crippen molar-refractivity contribution in [3.63, 3.8) is 0 Å². The predicted molar refractivity (Wildman–Crippen MR) is 93.3 cm³/mol. The summed E-state index contributed by atoms with van der Waals surface area (Å²) in [5.74, 6) is -0.503. The van der Waals surface area contributed by atoms with Gasteiger partial charge in [-0.15, -0.1) is 0 Å². The van der Waals surface area contributed by atoms with Crippen LogP contribution in [0.4, 0.5) is 0 Å². The van der Waals surface area contributed by atoms with Gasteiger partial charge in [0.15, 0.2) is 0 Å². The van der Waals surface area contributed by atoms with Gasteiger partial charge in [-0.3, -0.25) is 4.79 Å². The molecule has 0 unspecified atom stereocenters. The Bertz CT molecular complexity index is 649. The molecule has 134 valence electrons. The van der Waals surface area contributed by atoms with Crippen LogP contribution >= 0.6 is 11.6 Å². The second-order valence-electron chi connectivity index (χ2n) is 5.86. The molecule has 1 aliphatic heterocycles. The Morgan fingerprint density at radius 2 is 2.08 bits per heavy atom. The third-order valence-electron chi connectivity index (χ3n) is 4.02. The predicted octanol–water partition coefficient (Wildman–Crippen LogP) is 1.64. The third kappa shape index (κ3) is 5.44. The van der Waals surface area contributed by atoms with Crippen LogP contribution in [0.3, 0.4) is 0 Å². The molecule has 0 radical (unpaired) electrons. The number of carbonyl (C=O) groups excluding carboxylic acids is 1. The largest absolute Gasteiger partial charge is 0.383 e. The van der Waals surface area contributed by atoms with Crippen molar-refractivity contribution in [2.75, 3.05) is 33.4 Å². The molecule has 0 spiro atoms. The van der Waals surface area contributed by atoms with E-state index in [-0.39, 0.29) is 24.1 Å². The van der Waals surface area contributed by atoms with Crippen LogP contribution in [0.5, 0.6) is 0 Å². The van der Waals surface area contributed by atoms with E-state index < -0.39 is 10.0 Å². The van der Waals surface area contributed by atoms with E-state index in [1.807, 2.05) is 0 Å². The fourth-order valence-electron chi connectivity index (χ4n) is 2.71. The molecule has 0 bridgehead atoms. The van der Waals surface area contributed by atoms with Crippen LogP contribution in [0.15, 0.2) is 24.3 Å². The minimum Gasteiger partial charge on any atom is -0.383 e. The maximum Gasteiger partial charge on any atom is 0.224 e. The highest BCUT2D eigenvalue weighted by molar-refractivity contribution is 7.88. The smallest absolute Gasteiger partial charge is 0.224 e. The number of hydrogen-bond acceptors (Lipinski definition) is 4. The number of methoxy groups -OCH3 is 1. The van der Waals surface area contributed by atoms with E-state index in [4.69, 9.17) is 16.3 Å². The Labute approximate surface area is 148 Å². The molecule has 1 aromatic carbocycles. The van der Waals surface area contributed by atoms with Crippen molar-refractivity contribution in [1.29, 1.82) is 0 Å². The molecule has 1 amide bonds. The fraction of sp³-hybridized carbons (Fsp3) is 0.562. The van der Waals surface area contributed by atoms with E-state index in [1.165, 1.54) is 4.31 Å². The molecule has 0 aliphatic carbocycles. The summed E-state index contributed by atoms with van der Waals surface area (Å²) in [4.78, 5) is 12.1. The van der Waals surface area contributed by atoms with Crippen LogP contribution < -0.4 is 5.32 Å². The minimum absolute atomic E-state index is 0.0812. The van der Waals surface area contributed by atoms with Crippen LogP contribution in [0, 0.1) is 5.92 Å². The molecular weight excluding hydrogens is 352 g/mol. The van der Waals surface area contributed by atoms with E-state index >= 15 is 0 Å². The molecule has 1 heterocycles. The van der Waals surface area contributed by atoms with Crippen LogP contribution in [-0.4, -0.2) is 52.0 Å². The lowest BCUT2D eigenvalue weighted by atomic mass is 9.99. The zero-order valence-corrected chi connectivity index (χ0v) is 15.3. The van der Waals surface area contributed by atoms with Crippen molar-refractivity contribution in [3.8, 4) is 0 Å². The van der Waals surface area contributed by atoms with Crippen LogP contribution in [0.2, 0.25) is 5.02 Å². The summed E-state index contributed by atoms with van der Waals surface area (Å²) in [5, 5.41) is 3.35. The molecule has 1 fully saturated rings. The molecule has 24 heavy (non-hydrogen) atoms. The second-order valence-corrected chi connectivity index (χ2v) is 8.27. The Kier molecular flexibility index (Phi) is 7.03. The maximum absolute atomic E-state index is 12.6. The van der Waals surface area contributed by atoms with E-state index in [0.717, 1.165) is 0 Å². The Morgan fingerprint density at radius 1 is 1.38 bits per heavy atom. The summed E-state index contributed by atoms with van der Waals surface area (Å²) in [6.45, 7) is 1.56. The number of piperidine rings is 1. The molecule has 1 aliphatic rings. The molecule has 1 N–H and O–H groups in total. The lowest BCUT2D eigenvalue weighted by molar-refractivity contribution is -0.126. The average Bonchev–Trinajstić information content (AvgIpc) is 2.57. The van der Waals surface area contributed by atoms with Gasteiger partial charge in [-0.25, -0.2) is 12.7 Å². The number of ether oxygens (including phenoxy) is 1. The first kappa shape index (κ1) is 19.2. The maximum atomic E-state index is 12.6. The van der Waals surface area contributed by atoms with Gasteiger partial charge in [-0.1, -0.05) is 23.7 Å². The van der Waals surface area contributed by atoms with E-state index in [9.17, 15) is 13.2 Å². The fourth-order valence-corrected chi connectivity index (χ4v) is 4.45. The van der Waals surface area contributed by atoms with Crippen molar-refractivity contribution in [2.24, 2.45) is 5.92 Å². The molecule has 6 nitrogen and oxygen atoms in total. The number of nitrogens with zero attached hydrogens (tertiary/aromatic N) is 1. The SMILES string of the molecule is COCCNC(=O)[C@@H]1CCCN(S(=O)(=O)Cc2ccc(Cl)cc2)C1. The Balaban J connectivity index is 1.97.